The number of hydrogen-bond acceptors (Lipinski definition) is 2. The van der Waals surface area contributed by atoms with Gasteiger partial charge in [-0.05, 0) is 36.6 Å². The van der Waals surface area contributed by atoms with Gasteiger partial charge in [0.1, 0.15) is 0 Å². The first-order valence-electron chi connectivity index (χ1n) is 8.05. The van der Waals surface area contributed by atoms with Crippen molar-refractivity contribution in [3.05, 3.63) is 33.8 Å². The van der Waals surface area contributed by atoms with Crippen LogP contribution in [0, 0.1) is 0 Å². The first-order chi connectivity index (χ1) is 10.1. The zero-order valence-electron chi connectivity index (χ0n) is 13.0. The molecule has 0 aromatic heterocycles. The minimum Gasteiger partial charge on any atom is -0.311 e. The molecule has 0 saturated carbocycles. The molecule has 21 heavy (non-hydrogen) atoms. The molecule has 2 nitrogen and oxygen atoms in total. The molecule has 0 spiro atoms. The van der Waals surface area contributed by atoms with E-state index in [2.05, 4.69) is 24.1 Å². The van der Waals surface area contributed by atoms with Gasteiger partial charge in [0.25, 0.3) is 0 Å². The van der Waals surface area contributed by atoms with Crippen LogP contribution in [0.25, 0.3) is 0 Å². The number of nitrogens with one attached hydrogen (secondary N) is 1. The van der Waals surface area contributed by atoms with Crippen LogP contribution in [-0.4, -0.2) is 30.1 Å². The summed E-state index contributed by atoms with van der Waals surface area (Å²) in [4.78, 5) is 2.58. The van der Waals surface area contributed by atoms with Gasteiger partial charge in [-0.1, -0.05) is 49.9 Å². The maximum Gasteiger partial charge on any atom is 0.0452 e. The summed E-state index contributed by atoms with van der Waals surface area (Å²) < 4.78 is 0. The number of halogens is 2. The maximum absolute atomic E-state index is 6.34. The van der Waals surface area contributed by atoms with Gasteiger partial charge in [0.15, 0.2) is 0 Å². The van der Waals surface area contributed by atoms with Crippen LogP contribution in [0.3, 0.4) is 0 Å². The second-order valence-corrected chi connectivity index (χ2v) is 6.85. The lowest BCUT2D eigenvalue weighted by Crippen LogP contribution is -2.55. The van der Waals surface area contributed by atoms with Crippen molar-refractivity contribution >= 4 is 23.2 Å². The fourth-order valence-corrected chi connectivity index (χ4v) is 3.54. The van der Waals surface area contributed by atoms with Crippen molar-refractivity contribution in [1.29, 1.82) is 0 Å². The normalized spacial score (nSPS) is 23.4. The zero-order valence-corrected chi connectivity index (χ0v) is 14.6. The SMILES string of the molecule is CCCC1CN(Cc2cc(Cl)ccc2Cl)C(CCC)CN1. The molecule has 1 saturated heterocycles. The molecule has 4 heteroatoms. The molecule has 1 aliphatic rings. The largest absolute Gasteiger partial charge is 0.311 e. The van der Waals surface area contributed by atoms with Gasteiger partial charge in [-0.2, -0.15) is 0 Å². The van der Waals surface area contributed by atoms with E-state index >= 15 is 0 Å². The van der Waals surface area contributed by atoms with E-state index in [4.69, 9.17) is 23.2 Å². The highest BCUT2D eigenvalue weighted by Crippen LogP contribution is 2.25. The molecular formula is C17H26Cl2N2. The first kappa shape index (κ1) is 17.1. The average Bonchev–Trinajstić information content (AvgIpc) is 2.46. The van der Waals surface area contributed by atoms with Crippen molar-refractivity contribution < 1.29 is 0 Å². The fourth-order valence-electron chi connectivity index (χ4n) is 3.17. The standard InChI is InChI=1S/C17H26Cl2N2/c1-3-5-15-12-21(16(6-4-2)10-20-15)11-13-9-14(18)7-8-17(13)19/h7-9,15-16,20H,3-6,10-12H2,1-2H3. The number of rotatable bonds is 6. The summed E-state index contributed by atoms with van der Waals surface area (Å²) in [6.07, 6.45) is 4.90. The summed E-state index contributed by atoms with van der Waals surface area (Å²) in [7, 11) is 0. The molecule has 2 rings (SSSR count). The monoisotopic (exact) mass is 328 g/mol. The summed E-state index contributed by atoms with van der Waals surface area (Å²) >= 11 is 12.5. The van der Waals surface area contributed by atoms with Crippen molar-refractivity contribution in [1.82, 2.24) is 10.2 Å². The zero-order chi connectivity index (χ0) is 15.2. The first-order valence-corrected chi connectivity index (χ1v) is 8.81. The molecule has 1 aromatic carbocycles. The number of nitrogens with zero attached hydrogens (tertiary/aromatic N) is 1. The van der Waals surface area contributed by atoms with Crippen molar-refractivity contribution in [2.45, 2.75) is 58.2 Å². The van der Waals surface area contributed by atoms with Crippen LogP contribution in [0.1, 0.15) is 45.1 Å². The number of benzene rings is 1. The third-order valence-corrected chi connectivity index (χ3v) is 4.86. The average molecular weight is 329 g/mol. The highest BCUT2D eigenvalue weighted by Gasteiger charge is 2.27. The predicted octanol–water partition coefficient (Wildman–Crippen LogP) is 4.74. The second kappa shape index (κ2) is 8.38. The number of hydrogen-bond donors (Lipinski definition) is 1. The fraction of sp³-hybridized carbons (Fsp3) is 0.647. The Labute approximate surface area is 138 Å². The molecule has 1 N–H and O–H groups in total. The van der Waals surface area contributed by atoms with Gasteiger partial charge in [0.05, 0.1) is 0 Å². The van der Waals surface area contributed by atoms with E-state index in [1.54, 1.807) is 0 Å². The van der Waals surface area contributed by atoms with Crippen LogP contribution < -0.4 is 5.32 Å². The molecule has 0 aliphatic carbocycles. The van der Waals surface area contributed by atoms with Crippen LogP contribution in [0.4, 0.5) is 0 Å². The predicted molar refractivity (Wildman–Crippen MR) is 92.3 cm³/mol. The van der Waals surface area contributed by atoms with E-state index in [-0.39, 0.29) is 0 Å². The van der Waals surface area contributed by atoms with Crippen LogP contribution in [0.5, 0.6) is 0 Å². The summed E-state index contributed by atoms with van der Waals surface area (Å²) in [6.45, 7) is 7.57. The minimum atomic E-state index is 0.596. The summed E-state index contributed by atoms with van der Waals surface area (Å²) in [5.41, 5.74) is 1.14. The molecule has 2 atom stereocenters. The Morgan fingerprint density at radius 3 is 2.67 bits per heavy atom. The molecule has 2 unspecified atom stereocenters. The van der Waals surface area contributed by atoms with Crippen LogP contribution in [0.2, 0.25) is 10.0 Å². The Morgan fingerprint density at radius 2 is 1.95 bits per heavy atom. The van der Waals surface area contributed by atoms with Gasteiger partial charge < -0.3 is 5.32 Å². The summed E-state index contributed by atoms with van der Waals surface area (Å²) in [6, 6.07) is 6.96. The Hall–Kier alpha value is -0.280. The highest BCUT2D eigenvalue weighted by molar-refractivity contribution is 6.33. The molecule has 1 aliphatic heterocycles. The topological polar surface area (TPSA) is 15.3 Å². The molecule has 0 amide bonds. The van der Waals surface area contributed by atoms with Crippen LogP contribution in [-0.2, 0) is 6.54 Å². The third-order valence-electron chi connectivity index (χ3n) is 4.25. The summed E-state index contributed by atoms with van der Waals surface area (Å²) in [5, 5.41) is 5.28. The summed E-state index contributed by atoms with van der Waals surface area (Å²) in [5.74, 6) is 0. The van der Waals surface area contributed by atoms with E-state index in [1.807, 2.05) is 18.2 Å². The van der Waals surface area contributed by atoms with Crippen LogP contribution in [0.15, 0.2) is 18.2 Å². The van der Waals surface area contributed by atoms with Gasteiger partial charge in [0.2, 0.25) is 0 Å². The van der Waals surface area contributed by atoms with Crippen molar-refractivity contribution in [3.8, 4) is 0 Å². The number of piperazine rings is 1. The minimum absolute atomic E-state index is 0.596. The highest BCUT2D eigenvalue weighted by atomic mass is 35.5. The van der Waals surface area contributed by atoms with Gasteiger partial charge in [-0.25, -0.2) is 0 Å². The quantitative estimate of drug-likeness (QED) is 0.811. The van der Waals surface area contributed by atoms with Gasteiger partial charge in [-0.15, -0.1) is 0 Å². The Bertz CT molecular complexity index is 450. The molecular weight excluding hydrogens is 303 g/mol. The molecule has 0 radical (unpaired) electrons. The van der Waals surface area contributed by atoms with E-state index in [0.717, 1.165) is 35.2 Å². The Balaban J connectivity index is 2.09. The lowest BCUT2D eigenvalue weighted by atomic mass is 10.0. The van der Waals surface area contributed by atoms with Gasteiger partial charge in [-0.3, -0.25) is 4.90 Å². The molecule has 1 fully saturated rings. The van der Waals surface area contributed by atoms with E-state index in [0.29, 0.717) is 12.1 Å². The third kappa shape index (κ3) is 4.85. The Kier molecular flexibility index (Phi) is 6.81. The Morgan fingerprint density at radius 1 is 1.19 bits per heavy atom. The van der Waals surface area contributed by atoms with E-state index < -0.39 is 0 Å². The van der Waals surface area contributed by atoms with E-state index in [9.17, 15) is 0 Å². The van der Waals surface area contributed by atoms with Crippen molar-refractivity contribution in [2.24, 2.45) is 0 Å². The lowest BCUT2D eigenvalue weighted by molar-refractivity contribution is 0.112. The smallest absolute Gasteiger partial charge is 0.0452 e. The molecule has 118 valence electrons. The lowest BCUT2D eigenvalue weighted by Gasteiger charge is -2.40. The second-order valence-electron chi connectivity index (χ2n) is 6.00. The van der Waals surface area contributed by atoms with Gasteiger partial charge >= 0.3 is 0 Å². The maximum atomic E-state index is 6.34. The van der Waals surface area contributed by atoms with E-state index in [1.165, 1.54) is 25.7 Å². The van der Waals surface area contributed by atoms with Crippen molar-refractivity contribution in [3.63, 3.8) is 0 Å². The molecule has 1 heterocycles. The van der Waals surface area contributed by atoms with Crippen molar-refractivity contribution in [2.75, 3.05) is 13.1 Å². The molecule has 1 aromatic rings. The van der Waals surface area contributed by atoms with Gasteiger partial charge in [0, 0.05) is 41.8 Å². The molecule has 0 bridgehead atoms. The van der Waals surface area contributed by atoms with Crippen LogP contribution >= 0.6 is 23.2 Å².